The maximum atomic E-state index is 12.9. The standard InChI is InChI=1S/C22H30N4O3/c1-4-7-15-26-20(23)19(21(28)24-22(26)29)25(14-5-2)18(27)13-12-17-10-8-16(6-3)9-11-17/h8-13H,4-7,14-15,23H2,1-3H3,(H,24,28,29)/b13-12+. The fourth-order valence-corrected chi connectivity index (χ4v) is 3.05. The smallest absolute Gasteiger partial charge is 0.330 e. The zero-order chi connectivity index (χ0) is 21.4. The molecular weight excluding hydrogens is 368 g/mol. The summed E-state index contributed by atoms with van der Waals surface area (Å²) < 4.78 is 1.32. The van der Waals surface area contributed by atoms with Gasteiger partial charge in [0.1, 0.15) is 5.82 Å². The van der Waals surface area contributed by atoms with E-state index in [1.807, 2.05) is 38.1 Å². The highest BCUT2D eigenvalue weighted by Gasteiger charge is 2.22. The molecular formula is C22H30N4O3. The third kappa shape index (κ3) is 5.47. The number of aromatic nitrogens is 2. The number of rotatable bonds is 9. The Morgan fingerprint density at radius 3 is 2.41 bits per heavy atom. The third-order valence-electron chi connectivity index (χ3n) is 4.74. The number of nitrogen functional groups attached to an aromatic ring is 1. The summed E-state index contributed by atoms with van der Waals surface area (Å²) in [7, 11) is 0. The third-order valence-corrected chi connectivity index (χ3v) is 4.74. The van der Waals surface area contributed by atoms with Crippen molar-refractivity contribution in [1.29, 1.82) is 0 Å². The average Bonchev–Trinajstić information content (AvgIpc) is 2.71. The molecule has 0 saturated heterocycles. The van der Waals surface area contributed by atoms with Gasteiger partial charge in [0.05, 0.1) is 0 Å². The molecule has 0 atom stereocenters. The topological polar surface area (TPSA) is 101 Å². The van der Waals surface area contributed by atoms with E-state index >= 15 is 0 Å². The largest absolute Gasteiger partial charge is 0.383 e. The van der Waals surface area contributed by atoms with E-state index in [4.69, 9.17) is 5.73 Å². The Labute approximate surface area is 170 Å². The molecule has 0 aliphatic carbocycles. The van der Waals surface area contributed by atoms with Crippen LogP contribution in [0.2, 0.25) is 0 Å². The molecule has 0 radical (unpaired) electrons. The number of benzene rings is 1. The van der Waals surface area contributed by atoms with Crippen molar-refractivity contribution in [3.8, 4) is 0 Å². The van der Waals surface area contributed by atoms with E-state index in [0.717, 1.165) is 24.8 Å². The summed E-state index contributed by atoms with van der Waals surface area (Å²) in [6.45, 7) is 6.69. The minimum atomic E-state index is -0.650. The van der Waals surface area contributed by atoms with E-state index in [9.17, 15) is 14.4 Å². The average molecular weight is 399 g/mol. The van der Waals surface area contributed by atoms with Crippen LogP contribution in [0, 0.1) is 0 Å². The first-order valence-electron chi connectivity index (χ1n) is 10.1. The molecule has 0 unspecified atom stereocenters. The van der Waals surface area contributed by atoms with E-state index in [2.05, 4.69) is 11.9 Å². The monoisotopic (exact) mass is 398 g/mol. The molecule has 7 heteroatoms. The summed E-state index contributed by atoms with van der Waals surface area (Å²) in [5.74, 6) is -0.334. The molecule has 1 amide bonds. The molecule has 0 fully saturated rings. The van der Waals surface area contributed by atoms with Crippen molar-refractivity contribution in [2.24, 2.45) is 0 Å². The number of unbranched alkanes of at least 4 members (excludes halogenated alkanes) is 1. The van der Waals surface area contributed by atoms with Crippen molar-refractivity contribution < 1.29 is 4.79 Å². The van der Waals surface area contributed by atoms with Crippen LogP contribution in [0.1, 0.15) is 51.2 Å². The quantitative estimate of drug-likeness (QED) is 0.634. The van der Waals surface area contributed by atoms with Crippen molar-refractivity contribution in [3.63, 3.8) is 0 Å². The minimum absolute atomic E-state index is 0.0229. The second kappa shape index (κ2) is 10.5. The number of nitrogens with one attached hydrogen (secondary N) is 1. The van der Waals surface area contributed by atoms with Crippen LogP contribution < -0.4 is 21.9 Å². The predicted molar refractivity (Wildman–Crippen MR) is 118 cm³/mol. The van der Waals surface area contributed by atoms with E-state index in [1.165, 1.54) is 21.1 Å². The van der Waals surface area contributed by atoms with Crippen molar-refractivity contribution >= 4 is 23.5 Å². The molecule has 0 spiro atoms. The number of anilines is 2. The van der Waals surface area contributed by atoms with Crippen molar-refractivity contribution in [2.75, 3.05) is 17.2 Å². The molecule has 2 rings (SSSR count). The van der Waals surface area contributed by atoms with Crippen LogP contribution in [-0.2, 0) is 17.8 Å². The van der Waals surface area contributed by atoms with Gasteiger partial charge in [-0.3, -0.25) is 19.1 Å². The van der Waals surface area contributed by atoms with Crippen LogP contribution in [0.3, 0.4) is 0 Å². The van der Waals surface area contributed by atoms with Crippen LogP contribution in [-0.4, -0.2) is 22.0 Å². The number of amides is 1. The lowest BCUT2D eigenvalue weighted by Crippen LogP contribution is -2.41. The number of aromatic amines is 1. The molecule has 3 N–H and O–H groups in total. The highest BCUT2D eigenvalue weighted by molar-refractivity contribution is 6.05. The fourth-order valence-electron chi connectivity index (χ4n) is 3.05. The number of hydrogen-bond acceptors (Lipinski definition) is 4. The summed E-state index contributed by atoms with van der Waals surface area (Å²) in [4.78, 5) is 41.1. The van der Waals surface area contributed by atoms with Crippen molar-refractivity contribution in [3.05, 3.63) is 62.3 Å². The van der Waals surface area contributed by atoms with Gasteiger partial charge in [-0.1, -0.05) is 51.5 Å². The predicted octanol–water partition coefficient (Wildman–Crippen LogP) is 2.94. The van der Waals surface area contributed by atoms with Gasteiger partial charge in [-0.05, 0) is 36.5 Å². The van der Waals surface area contributed by atoms with Crippen LogP contribution in [0.15, 0.2) is 39.9 Å². The zero-order valence-electron chi connectivity index (χ0n) is 17.4. The van der Waals surface area contributed by atoms with E-state index in [1.54, 1.807) is 6.08 Å². The molecule has 1 heterocycles. The molecule has 0 aliphatic rings. The Balaban J connectivity index is 2.39. The van der Waals surface area contributed by atoms with Crippen molar-refractivity contribution in [1.82, 2.24) is 9.55 Å². The van der Waals surface area contributed by atoms with Gasteiger partial charge in [-0.2, -0.15) is 0 Å². The summed E-state index contributed by atoms with van der Waals surface area (Å²) in [5.41, 5.74) is 7.09. The lowest BCUT2D eigenvalue weighted by Gasteiger charge is -2.23. The van der Waals surface area contributed by atoms with Gasteiger partial charge in [0.25, 0.3) is 11.5 Å². The second-order valence-corrected chi connectivity index (χ2v) is 6.92. The van der Waals surface area contributed by atoms with E-state index < -0.39 is 11.2 Å². The first kappa shape index (κ1) is 22.2. The lowest BCUT2D eigenvalue weighted by molar-refractivity contribution is -0.114. The van der Waals surface area contributed by atoms with Gasteiger partial charge in [-0.15, -0.1) is 0 Å². The van der Waals surface area contributed by atoms with Gasteiger partial charge < -0.3 is 10.6 Å². The number of carbonyl (C=O) groups is 1. The molecule has 2 aromatic rings. The van der Waals surface area contributed by atoms with Gasteiger partial charge in [0.15, 0.2) is 5.69 Å². The molecule has 0 saturated carbocycles. The summed E-state index contributed by atoms with van der Waals surface area (Å²) in [5, 5.41) is 0. The van der Waals surface area contributed by atoms with E-state index in [-0.39, 0.29) is 17.4 Å². The SMILES string of the molecule is CCCCn1c(N)c(N(CCC)C(=O)/C=C/c2ccc(CC)cc2)c(=O)[nH]c1=O. The maximum absolute atomic E-state index is 12.9. The molecule has 0 aliphatic heterocycles. The number of aryl methyl sites for hydroxylation is 1. The highest BCUT2D eigenvalue weighted by atomic mass is 16.2. The highest BCUT2D eigenvalue weighted by Crippen LogP contribution is 2.18. The van der Waals surface area contributed by atoms with Crippen LogP contribution in [0.4, 0.5) is 11.5 Å². The Morgan fingerprint density at radius 2 is 1.83 bits per heavy atom. The Morgan fingerprint density at radius 1 is 1.14 bits per heavy atom. The molecule has 29 heavy (non-hydrogen) atoms. The Kier molecular flexibility index (Phi) is 8.00. The normalized spacial score (nSPS) is 11.1. The van der Waals surface area contributed by atoms with Gasteiger partial charge in [-0.25, -0.2) is 4.79 Å². The number of nitrogens with two attached hydrogens (primary N) is 1. The molecule has 0 bridgehead atoms. The Bertz CT molecular complexity index is 971. The first-order valence-corrected chi connectivity index (χ1v) is 10.1. The number of carbonyl (C=O) groups excluding carboxylic acids is 1. The van der Waals surface area contributed by atoms with Gasteiger partial charge in [0.2, 0.25) is 0 Å². The number of hydrogen-bond donors (Lipinski definition) is 2. The lowest BCUT2D eigenvalue weighted by atomic mass is 10.1. The first-order chi connectivity index (χ1) is 13.9. The number of H-pyrrole nitrogens is 1. The Hall–Kier alpha value is -3.09. The van der Waals surface area contributed by atoms with Gasteiger partial charge >= 0.3 is 5.69 Å². The minimum Gasteiger partial charge on any atom is -0.383 e. The maximum Gasteiger partial charge on any atom is 0.330 e. The molecule has 7 nitrogen and oxygen atoms in total. The van der Waals surface area contributed by atoms with Crippen LogP contribution in [0.5, 0.6) is 0 Å². The van der Waals surface area contributed by atoms with Crippen LogP contribution in [0.25, 0.3) is 6.08 Å². The summed E-state index contributed by atoms with van der Waals surface area (Å²) >= 11 is 0. The molecule has 1 aromatic carbocycles. The van der Waals surface area contributed by atoms with Crippen molar-refractivity contribution in [2.45, 2.75) is 53.0 Å². The molecule has 1 aromatic heterocycles. The second-order valence-electron chi connectivity index (χ2n) is 6.92. The summed E-state index contributed by atoms with van der Waals surface area (Å²) in [6, 6.07) is 7.91. The van der Waals surface area contributed by atoms with E-state index in [0.29, 0.717) is 19.5 Å². The number of nitrogens with zero attached hydrogens (tertiary/aromatic N) is 2. The van der Waals surface area contributed by atoms with Crippen LogP contribution >= 0.6 is 0 Å². The molecule has 156 valence electrons. The summed E-state index contributed by atoms with van der Waals surface area (Å²) in [6.07, 6.45) is 6.34. The fraction of sp³-hybridized carbons (Fsp3) is 0.409. The van der Waals surface area contributed by atoms with Gasteiger partial charge in [0, 0.05) is 19.2 Å². The zero-order valence-corrected chi connectivity index (χ0v) is 17.4.